The van der Waals surface area contributed by atoms with Gasteiger partial charge in [-0.25, -0.2) is 4.39 Å². The topological polar surface area (TPSA) is 66.6 Å². The van der Waals surface area contributed by atoms with Crippen molar-refractivity contribution in [3.8, 4) is 0 Å². The lowest BCUT2D eigenvalue weighted by Crippen LogP contribution is -2.36. The molecule has 0 atom stereocenters. The number of benzene rings is 1. The number of halogens is 1. The first-order valence-electron chi connectivity index (χ1n) is 9.06. The summed E-state index contributed by atoms with van der Waals surface area (Å²) in [7, 11) is 0. The van der Waals surface area contributed by atoms with Crippen LogP contribution in [0.25, 0.3) is 5.65 Å². The van der Waals surface area contributed by atoms with Crippen LogP contribution >= 0.6 is 0 Å². The number of fused-ring (bicyclic) bond motifs is 1. The Kier molecular flexibility index (Phi) is 4.70. The van der Waals surface area contributed by atoms with Crippen LogP contribution in [-0.2, 0) is 11.2 Å². The Bertz CT molecular complexity index is 954. The third kappa shape index (κ3) is 3.74. The fraction of sp³-hybridized carbons (Fsp3) is 0.368. The van der Waals surface area contributed by atoms with E-state index < -0.39 is 0 Å². The minimum absolute atomic E-state index is 0.0709. The van der Waals surface area contributed by atoms with E-state index in [1.165, 1.54) is 12.1 Å². The Morgan fingerprint density at radius 2 is 1.85 bits per heavy atom. The van der Waals surface area contributed by atoms with Crippen molar-refractivity contribution in [2.45, 2.75) is 19.8 Å². The number of anilines is 1. The molecule has 1 fully saturated rings. The standard InChI is InChI=1S/C19H21FN6O/c1-14-21-22-17-7-8-18(23-26(14)17)24-9-2-10-25(12-11-24)19(27)13-15-3-5-16(20)6-4-15/h3-8H,2,9-13H2,1H3. The molecule has 8 heteroatoms. The van der Waals surface area contributed by atoms with Crippen LogP contribution in [-0.4, -0.2) is 56.8 Å². The lowest BCUT2D eigenvalue weighted by Gasteiger charge is -2.23. The van der Waals surface area contributed by atoms with E-state index in [4.69, 9.17) is 0 Å². The Balaban J connectivity index is 1.42. The van der Waals surface area contributed by atoms with Gasteiger partial charge >= 0.3 is 0 Å². The molecule has 0 N–H and O–H groups in total. The van der Waals surface area contributed by atoms with Crippen molar-refractivity contribution in [2.24, 2.45) is 0 Å². The number of amides is 1. The fourth-order valence-electron chi connectivity index (χ4n) is 3.34. The second-order valence-electron chi connectivity index (χ2n) is 6.73. The average Bonchev–Trinajstić information content (AvgIpc) is 2.89. The molecule has 0 saturated carbocycles. The summed E-state index contributed by atoms with van der Waals surface area (Å²) in [6, 6.07) is 9.96. The fourth-order valence-corrected chi connectivity index (χ4v) is 3.34. The van der Waals surface area contributed by atoms with Gasteiger partial charge in [-0.3, -0.25) is 4.79 Å². The van der Waals surface area contributed by atoms with Crippen LogP contribution in [0.15, 0.2) is 36.4 Å². The molecule has 0 bridgehead atoms. The van der Waals surface area contributed by atoms with Crippen molar-refractivity contribution in [3.05, 3.63) is 53.6 Å². The summed E-state index contributed by atoms with van der Waals surface area (Å²) >= 11 is 0. The third-order valence-corrected chi connectivity index (χ3v) is 4.85. The molecule has 3 aromatic rings. The first kappa shape index (κ1) is 17.4. The van der Waals surface area contributed by atoms with Gasteiger partial charge in [-0.1, -0.05) is 12.1 Å². The van der Waals surface area contributed by atoms with Gasteiger partial charge < -0.3 is 9.80 Å². The zero-order valence-corrected chi connectivity index (χ0v) is 15.2. The molecule has 7 nitrogen and oxygen atoms in total. The first-order chi connectivity index (χ1) is 13.1. The Morgan fingerprint density at radius 1 is 1.04 bits per heavy atom. The van der Waals surface area contributed by atoms with E-state index >= 15 is 0 Å². The highest BCUT2D eigenvalue weighted by atomic mass is 19.1. The van der Waals surface area contributed by atoms with Gasteiger partial charge in [0.05, 0.1) is 6.42 Å². The molecule has 2 aromatic heterocycles. The predicted molar refractivity (Wildman–Crippen MR) is 99.0 cm³/mol. The van der Waals surface area contributed by atoms with Gasteiger partial charge in [0.25, 0.3) is 0 Å². The quantitative estimate of drug-likeness (QED) is 0.706. The number of rotatable bonds is 3. The highest BCUT2D eigenvalue weighted by Crippen LogP contribution is 2.16. The summed E-state index contributed by atoms with van der Waals surface area (Å²) in [5.41, 5.74) is 1.56. The van der Waals surface area contributed by atoms with Gasteiger partial charge in [0.2, 0.25) is 5.91 Å². The minimum atomic E-state index is -0.288. The van der Waals surface area contributed by atoms with Crippen LogP contribution < -0.4 is 4.90 Å². The van der Waals surface area contributed by atoms with E-state index in [9.17, 15) is 9.18 Å². The molecule has 3 heterocycles. The van der Waals surface area contributed by atoms with Crippen molar-refractivity contribution >= 4 is 17.4 Å². The molecule has 0 aliphatic carbocycles. The molecule has 0 unspecified atom stereocenters. The molecule has 4 rings (SSSR count). The molecule has 27 heavy (non-hydrogen) atoms. The lowest BCUT2D eigenvalue weighted by atomic mass is 10.1. The molecular weight excluding hydrogens is 347 g/mol. The van der Waals surface area contributed by atoms with E-state index in [0.717, 1.165) is 42.4 Å². The summed E-state index contributed by atoms with van der Waals surface area (Å²) in [6.07, 6.45) is 1.17. The number of nitrogens with zero attached hydrogens (tertiary/aromatic N) is 6. The number of aromatic nitrogens is 4. The number of hydrogen-bond acceptors (Lipinski definition) is 5. The van der Waals surface area contributed by atoms with E-state index in [2.05, 4.69) is 20.2 Å². The van der Waals surface area contributed by atoms with Crippen molar-refractivity contribution in [3.63, 3.8) is 0 Å². The molecule has 1 amide bonds. The summed E-state index contributed by atoms with van der Waals surface area (Å²) in [5.74, 6) is 1.39. The van der Waals surface area contributed by atoms with E-state index in [1.807, 2.05) is 24.0 Å². The van der Waals surface area contributed by atoms with Crippen LogP contribution in [0.1, 0.15) is 17.8 Å². The highest BCUT2D eigenvalue weighted by Gasteiger charge is 2.20. The molecule has 1 aromatic carbocycles. The summed E-state index contributed by atoms with van der Waals surface area (Å²) in [6.45, 7) is 4.77. The van der Waals surface area contributed by atoms with Gasteiger partial charge in [0.15, 0.2) is 11.5 Å². The van der Waals surface area contributed by atoms with E-state index in [1.54, 1.807) is 16.6 Å². The lowest BCUT2D eigenvalue weighted by molar-refractivity contribution is -0.130. The van der Waals surface area contributed by atoms with Crippen molar-refractivity contribution in [1.29, 1.82) is 0 Å². The molecule has 1 saturated heterocycles. The molecule has 0 spiro atoms. The number of carbonyl (C=O) groups is 1. The zero-order chi connectivity index (χ0) is 18.8. The van der Waals surface area contributed by atoms with Gasteiger partial charge in [0, 0.05) is 26.2 Å². The van der Waals surface area contributed by atoms with Crippen molar-refractivity contribution in [2.75, 3.05) is 31.1 Å². The molecule has 0 radical (unpaired) electrons. The van der Waals surface area contributed by atoms with Crippen molar-refractivity contribution in [1.82, 2.24) is 24.7 Å². The van der Waals surface area contributed by atoms with Crippen LogP contribution in [0, 0.1) is 12.7 Å². The molecule has 140 valence electrons. The van der Waals surface area contributed by atoms with Crippen LogP contribution in [0.3, 0.4) is 0 Å². The van der Waals surface area contributed by atoms with Crippen LogP contribution in [0.4, 0.5) is 10.2 Å². The number of aryl methyl sites for hydroxylation is 1. The highest BCUT2D eigenvalue weighted by molar-refractivity contribution is 5.78. The summed E-state index contributed by atoms with van der Waals surface area (Å²) in [4.78, 5) is 16.7. The smallest absolute Gasteiger partial charge is 0.227 e. The van der Waals surface area contributed by atoms with Crippen LogP contribution in [0.2, 0.25) is 0 Å². The average molecular weight is 368 g/mol. The Labute approximate surface area is 156 Å². The predicted octanol–water partition coefficient (Wildman–Crippen LogP) is 1.85. The first-order valence-corrected chi connectivity index (χ1v) is 9.06. The van der Waals surface area contributed by atoms with Crippen molar-refractivity contribution < 1.29 is 9.18 Å². The monoisotopic (exact) mass is 368 g/mol. The number of carbonyl (C=O) groups excluding carboxylic acids is 1. The minimum Gasteiger partial charge on any atom is -0.353 e. The van der Waals surface area contributed by atoms with Gasteiger partial charge in [-0.15, -0.1) is 15.3 Å². The molecular formula is C19H21FN6O. The second-order valence-corrected chi connectivity index (χ2v) is 6.73. The second kappa shape index (κ2) is 7.30. The Hall–Kier alpha value is -3.03. The zero-order valence-electron chi connectivity index (χ0n) is 15.2. The largest absolute Gasteiger partial charge is 0.353 e. The Morgan fingerprint density at radius 3 is 2.67 bits per heavy atom. The van der Waals surface area contributed by atoms with Gasteiger partial charge in [-0.2, -0.15) is 4.52 Å². The number of hydrogen-bond donors (Lipinski definition) is 0. The maximum absolute atomic E-state index is 13.0. The summed E-state index contributed by atoms with van der Waals surface area (Å²) in [5, 5.41) is 12.7. The maximum atomic E-state index is 13.0. The SMILES string of the molecule is Cc1nnc2ccc(N3CCCN(C(=O)Cc4ccc(F)cc4)CC3)nn12. The van der Waals surface area contributed by atoms with Gasteiger partial charge in [0.1, 0.15) is 11.6 Å². The normalized spacial score (nSPS) is 15.2. The van der Waals surface area contributed by atoms with Crippen LogP contribution in [0.5, 0.6) is 0 Å². The molecule has 1 aliphatic heterocycles. The summed E-state index contributed by atoms with van der Waals surface area (Å²) < 4.78 is 14.8. The molecule has 1 aliphatic rings. The maximum Gasteiger partial charge on any atom is 0.227 e. The third-order valence-electron chi connectivity index (χ3n) is 4.85. The van der Waals surface area contributed by atoms with E-state index in [0.29, 0.717) is 19.5 Å². The van der Waals surface area contributed by atoms with E-state index in [-0.39, 0.29) is 11.7 Å². The van der Waals surface area contributed by atoms with Gasteiger partial charge in [-0.05, 0) is 43.2 Å².